The minimum Gasteiger partial charge on any atom is -0.449 e. The minimum absolute atomic E-state index is 0.209. The minimum atomic E-state index is -0.319. The van der Waals surface area contributed by atoms with Gasteiger partial charge in [-0.25, -0.2) is 4.98 Å². The SMILES string of the molecule is [B]c1ccc2oc3c(=O)[nH]c(CN4CCN(CC(N)=O)CC4)nc3c2c1. The van der Waals surface area contributed by atoms with Gasteiger partial charge in [0.05, 0.1) is 13.1 Å². The molecule has 1 amide bonds. The highest BCUT2D eigenvalue weighted by Crippen LogP contribution is 2.23. The van der Waals surface area contributed by atoms with Crippen molar-refractivity contribution in [3.05, 3.63) is 34.4 Å². The highest BCUT2D eigenvalue weighted by molar-refractivity contribution is 6.33. The van der Waals surface area contributed by atoms with E-state index in [0.29, 0.717) is 28.9 Å². The smallest absolute Gasteiger partial charge is 0.294 e. The van der Waals surface area contributed by atoms with E-state index in [1.165, 1.54) is 0 Å². The van der Waals surface area contributed by atoms with Crippen LogP contribution in [0.15, 0.2) is 27.4 Å². The molecule has 0 spiro atoms. The average Bonchev–Trinajstić information content (AvgIpc) is 2.95. The number of carbonyl (C=O) groups excluding carboxylic acids is 1. The zero-order valence-corrected chi connectivity index (χ0v) is 14.2. The van der Waals surface area contributed by atoms with Gasteiger partial charge in [-0.2, -0.15) is 0 Å². The van der Waals surface area contributed by atoms with Crippen molar-refractivity contribution < 1.29 is 9.21 Å². The third kappa shape index (κ3) is 3.23. The zero-order valence-electron chi connectivity index (χ0n) is 14.2. The van der Waals surface area contributed by atoms with Crippen molar-refractivity contribution >= 4 is 41.3 Å². The van der Waals surface area contributed by atoms with Gasteiger partial charge in [-0.3, -0.25) is 19.4 Å². The van der Waals surface area contributed by atoms with Crippen LogP contribution < -0.4 is 16.8 Å². The fourth-order valence-electron chi connectivity index (χ4n) is 3.33. The van der Waals surface area contributed by atoms with E-state index in [9.17, 15) is 9.59 Å². The Kier molecular flexibility index (Phi) is 4.25. The lowest BCUT2D eigenvalue weighted by Gasteiger charge is -2.33. The van der Waals surface area contributed by atoms with Gasteiger partial charge >= 0.3 is 0 Å². The molecule has 0 bridgehead atoms. The van der Waals surface area contributed by atoms with Crippen molar-refractivity contribution in [2.24, 2.45) is 5.73 Å². The van der Waals surface area contributed by atoms with E-state index in [2.05, 4.69) is 14.9 Å². The standard InChI is InChI=1S/C17H18BN5O3/c18-10-1-2-12-11(7-10)15-16(26-12)17(25)21-14(20-15)9-23-5-3-22(4-6-23)8-13(19)24/h1-2,7H,3-6,8-9H2,(H2,19,24)(H,20,21,25). The summed E-state index contributed by atoms with van der Waals surface area (Å²) in [6.45, 7) is 3.84. The van der Waals surface area contributed by atoms with Gasteiger partial charge in [-0.05, 0) is 6.07 Å². The molecular weight excluding hydrogens is 333 g/mol. The summed E-state index contributed by atoms with van der Waals surface area (Å²) in [6.07, 6.45) is 0. The topological polar surface area (TPSA) is 108 Å². The summed E-state index contributed by atoms with van der Waals surface area (Å²) in [7, 11) is 5.85. The molecule has 1 aliphatic rings. The van der Waals surface area contributed by atoms with E-state index >= 15 is 0 Å². The number of furan rings is 1. The third-order valence-corrected chi connectivity index (χ3v) is 4.61. The lowest BCUT2D eigenvalue weighted by Crippen LogP contribution is -2.48. The molecule has 3 heterocycles. The number of benzene rings is 1. The summed E-state index contributed by atoms with van der Waals surface area (Å²) in [4.78, 5) is 35.0. The van der Waals surface area contributed by atoms with Crippen molar-refractivity contribution in [2.75, 3.05) is 32.7 Å². The van der Waals surface area contributed by atoms with Gasteiger partial charge in [0.25, 0.3) is 5.56 Å². The number of fused-ring (bicyclic) bond motifs is 3. The molecule has 1 aliphatic heterocycles. The summed E-state index contributed by atoms with van der Waals surface area (Å²) in [5, 5.41) is 0.735. The number of amides is 1. The first-order chi connectivity index (χ1) is 12.5. The highest BCUT2D eigenvalue weighted by atomic mass is 16.3. The van der Waals surface area contributed by atoms with E-state index in [4.69, 9.17) is 18.0 Å². The fraction of sp³-hybridized carbons (Fsp3) is 0.353. The van der Waals surface area contributed by atoms with E-state index in [1.807, 2.05) is 4.90 Å². The second kappa shape index (κ2) is 6.58. The predicted octanol–water partition coefficient (Wildman–Crippen LogP) is -0.934. The number of nitrogens with one attached hydrogen (secondary N) is 1. The Labute approximate surface area is 150 Å². The van der Waals surface area contributed by atoms with E-state index in [1.54, 1.807) is 18.2 Å². The molecule has 3 N–H and O–H groups in total. The van der Waals surface area contributed by atoms with Gasteiger partial charge in [-0.1, -0.05) is 17.6 Å². The molecule has 0 saturated carbocycles. The van der Waals surface area contributed by atoms with Gasteiger partial charge in [0.1, 0.15) is 24.8 Å². The highest BCUT2D eigenvalue weighted by Gasteiger charge is 2.20. The van der Waals surface area contributed by atoms with Crippen molar-refractivity contribution in [1.82, 2.24) is 19.8 Å². The quantitative estimate of drug-likeness (QED) is 0.588. The van der Waals surface area contributed by atoms with Crippen LogP contribution >= 0.6 is 0 Å². The molecule has 0 unspecified atom stereocenters. The van der Waals surface area contributed by atoms with Gasteiger partial charge in [0.15, 0.2) is 0 Å². The first-order valence-electron chi connectivity index (χ1n) is 8.43. The number of hydrogen-bond donors (Lipinski definition) is 2. The number of carbonyl (C=O) groups is 1. The average molecular weight is 351 g/mol. The molecule has 26 heavy (non-hydrogen) atoms. The van der Waals surface area contributed by atoms with Crippen LogP contribution in [-0.4, -0.2) is 66.2 Å². The molecule has 2 aromatic heterocycles. The molecule has 1 aromatic carbocycles. The molecule has 1 saturated heterocycles. The summed E-state index contributed by atoms with van der Waals surface area (Å²) in [5.74, 6) is 0.261. The number of aromatic nitrogens is 2. The van der Waals surface area contributed by atoms with Gasteiger partial charge < -0.3 is 15.1 Å². The van der Waals surface area contributed by atoms with Crippen LogP contribution in [-0.2, 0) is 11.3 Å². The molecule has 8 nitrogen and oxygen atoms in total. The van der Waals surface area contributed by atoms with Crippen molar-refractivity contribution in [2.45, 2.75) is 6.54 Å². The molecule has 0 atom stereocenters. The molecular formula is C17H18BN5O3. The molecule has 1 fully saturated rings. The number of hydrogen-bond acceptors (Lipinski definition) is 6. The Bertz CT molecular complexity index is 1040. The Morgan fingerprint density at radius 1 is 1.27 bits per heavy atom. The van der Waals surface area contributed by atoms with Crippen molar-refractivity contribution in [1.29, 1.82) is 0 Å². The first kappa shape index (κ1) is 16.8. The van der Waals surface area contributed by atoms with Crippen LogP contribution in [0, 0.1) is 0 Å². The largest absolute Gasteiger partial charge is 0.449 e. The number of primary amides is 1. The maximum Gasteiger partial charge on any atom is 0.294 e. The number of nitrogens with two attached hydrogens (primary N) is 1. The monoisotopic (exact) mass is 351 g/mol. The molecule has 132 valence electrons. The van der Waals surface area contributed by atoms with Crippen LogP contribution in [0.4, 0.5) is 0 Å². The van der Waals surface area contributed by atoms with Crippen LogP contribution in [0.1, 0.15) is 5.82 Å². The Morgan fingerprint density at radius 3 is 2.73 bits per heavy atom. The summed E-state index contributed by atoms with van der Waals surface area (Å²) in [6, 6.07) is 5.23. The molecule has 0 aliphatic carbocycles. The van der Waals surface area contributed by atoms with Gasteiger partial charge in [0, 0.05) is 31.6 Å². The summed E-state index contributed by atoms with van der Waals surface area (Å²) in [5.41, 5.74) is 6.85. The lowest BCUT2D eigenvalue weighted by molar-refractivity contribution is -0.119. The van der Waals surface area contributed by atoms with Gasteiger partial charge in [-0.15, -0.1) is 0 Å². The number of rotatable bonds is 4. The number of piperazine rings is 1. The Balaban J connectivity index is 1.58. The number of nitrogens with zero attached hydrogens (tertiary/aromatic N) is 3. The van der Waals surface area contributed by atoms with E-state index in [0.717, 1.165) is 31.6 Å². The Morgan fingerprint density at radius 2 is 2.00 bits per heavy atom. The van der Waals surface area contributed by atoms with Crippen molar-refractivity contribution in [3.8, 4) is 0 Å². The Hall–Kier alpha value is -2.65. The third-order valence-electron chi connectivity index (χ3n) is 4.61. The lowest BCUT2D eigenvalue weighted by atomic mass is 9.95. The van der Waals surface area contributed by atoms with Crippen LogP contribution in [0.3, 0.4) is 0 Å². The second-order valence-corrected chi connectivity index (χ2v) is 6.57. The van der Waals surface area contributed by atoms with Crippen molar-refractivity contribution in [3.63, 3.8) is 0 Å². The van der Waals surface area contributed by atoms with Crippen LogP contribution in [0.5, 0.6) is 0 Å². The normalized spacial score (nSPS) is 16.5. The maximum atomic E-state index is 12.4. The van der Waals surface area contributed by atoms with Gasteiger partial charge in [0.2, 0.25) is 11.5 Å². The number of H-pyrrole nitrogens is 1. The zero-order chi connectivity index (χ0) is 18.3. The van der Waals surface area contributed by atoms with E-state index < -0.39 is 0 Å². The van der Waals surface area contributed by atoms with E-state index in [-0.39, 0.29) is 23.6 Å². The summed E-state index contributed by atoms with van der Waals surface area (Å²) >= 11 is 0. The number of aromatic amines is 1. The molecule has 4 rings (SSSR count). The molecule has 2 radical (unpaired) electrons. The first-order valence-corrected chi connectivity index (χ1v) is 8.43. The fourth-order valence-corrected chi connectivity index (χ4v) is 3.33. The molecule has 9 heteroatoms. The maximum absolute atomic E-state index is 12.4. The second-order valence-electron chi connectivity index (χ2n) is 6.57. The van der Waals surface area contributed by atoms with Crippen LogP contribution in [0.25, 0.3) is 22.1 Å². The predicted molar refractivity (Wildman–Crippen MR) is 98.4 cm³/mol. The summed E-state index contributed by atoms with van der Waals surface area (Å²) < 4.78 is 5.61. The van der Waals surface area contributed by atoms with Crippen LogP contribution in [0.2, 0.25) is 0 Å². The molecule has 3 aromatic rings.